The smallest absolute Gasteiger partial charge is 0.0815 e. The molecule has 0 amide bonds. The van der Waals surface area contributed by atoms with Crippen LogP contribution in [0.1, 0.15) is 39.5 Å². The molecular formula is C7H18N+. The zero-order valence-corrected chi connectivity index (χ0v) is 6.11. The molecule has 1 atom stereocenters. The van der Waals surface area contributed by atoms with Gasteiger partial charge in [-0.2, -0.15) is 0 Å². The Bertz CT molecular complexity index is 41.7. The Labute approximate surface area is 52.3 Å². The highest BCUT2D eigenvalue weighted by molar-refractivity contribution is 4.44. The van der Waals surface area contributed by atoms with Crippen molar-refractivity contribution in [2.24, 2.45) is 0 Å². The highest BCUT2D eigenvalue weighted by Crippen LogP contribution is 1.98. The third kappa shape index (κ3) is 5.96. The first kappa shape index (κ1) is 7.96. The second-order valence-corrected chi connectivity index (χ2v) is 2.60. The summed E-state index contributed by atoms with van der Waals surface area (Å²) >= 11 is 0. The van der Waals surface area contributed by atoms with E-state index in [1.54, 1.807) is 0 Å². The van der Waals surface area contributed by atoms with Crippen LogP contribution in [-0.4, -0.2) is 6.04 Å². The number of unbranched alkanes of at least 4 members (excludes halogenated alkanes) is 2. The average Bonchev–Trinajstić information content (AvgIpc) is 1.66. The molecule has 0 bridgehead atoms. The highest BCUT2D eigenvalue weighted by atomic mass is 14.6. The third-order valence-corrected chi connectivity index (χ3v) is 1.30. The third-order valence-electron chi connectivity index (χ3n) is 1.30. The molecule has 50 valence electrons. The van der Waals surface area contributed by atoms with Crippen molar-refractivity contribution in [1.29, 1.82) is 0 Å². The maximum Gasteiger partial charge on any atom is 0.0815 e. The summed E-state index contributed by atoms with van der Waals surface area (Å²) in [6, 6.07) is 0.654. The molecule has 0 spiro atoms. The van der Waals surface area contributed by atoms with Crippen LogP contribution in [0.15, 0.2) is 0 Å². The predicted molar refractivity (Wildman–Crippen MR) is 36.5 cm³/mol. The van der Waals surface area contributed by atoms with E-state index in [0.717, 1.165) is 0 Å². The fourth-order valence-electron chi connectivity index (χ4n) is 0.743. The summed E-state index contributed by atoms with van der Waals surface area (Å²) in [6.07, 6.45) is 5.36. The van der Waals surface area contributed by atoms with Crippen molar-refractivity contribution >= 4 is 0 Å². The van der Waals surface area contributed by atoms with Crippen LogP contribution in [0.5, 0.6) is 0 Å². The van der Waals surface area contributed by atoms with Crippen LogP contribution in [0.25, 0.3) is 0 Å². The number of hydrogen-bond donors (Lipinski definition) is 1. The first-order valence-electron chi connectivity index (χ1n) is 3.60. The van der Waals surface area contributed by atoms with Crippen LogP contribution in [0.3, 0.4) is 0 Å². The summed E-state index contributed by atoms with van der Waals surface area (Å²) in [5.74, 6) is 0. The molecule has 0 aliphatic rings. The van der Waals surface area contributed by atoms with E-state index in [0.29, 0.717) is 6.04 Å². The molecule has 0 fully saturated rings. The molecule has 0 heterocycles. The van der Waals surface area contributed by atoms with Crippen molar-refractivity contribution in [3.8, 4) is 0 Å². The minimum atomic E-state index is 0.654. The summed E-state index contributed by atoms with van der Waals surface area (Å²) in [7, 11) is 0. The fraction of sp³-hybridized carbons (Fsp3) is 1.00. The van der Waals surface area contributed by atoms with Crippen molar-refractivity contribution in [3.05, 3.63) is 0 Å². The second kappa shape index (κ2) is 5.10. The molecule has 0 rings (SSSR count). The monoisotopic (exact) mass is 116 g/mol. The predicted octanol–water partition coefficient (Wildman–Crippen LogP) is 1.20. The normalized spacial score (nSPS) is 13.9. The Morgan fingerprint density at radius 3 is 2.38 bits per heavy atom. The van der Waals surface area contributed by atoms with Gasteiger partial charge in [0, 0.05) is 0 Å². The van der Waals surface area contributed by atoms with E-state index in [-0.39, 0.29) is 0 Å². The van der Waals surface area contributed by atoms with Crippen LogP contribution in [0.4, 0.5) is 0 Å². The van der Waals surface area contributed by atoms with Crippen LogP contribution in [-0.2, 0) is 0 Å². The molecule has 3 N–H and O–H groups in total. The summed E-state index contributed by atoms with van der Waals surface area (Å²) in [5.41, 5.74) is 3.91. The molecular weight excluding hydrogens is 98.1 g/mol. The molecule has 0 aliphatic carbocycles. The van der Waals surface area contributed by atoms with Gasteiger partial charge in [0.25, 0.3) is 0 Å². The van der Waals surface area contributed by atoms with E-state index in [9.17, 15) is 0 Å². The molecule has 0 aromatic rings. The molecule has 0 aliphatic heterocycles. The SMILES string of the molecule is CCCCC[C@@H](C)[NH3+]. The van der Waals surface area contributed by atoms with Crippen molar-refractivity contribution in [1.82, 2.24) is 0 Å². The topological polar surface area (TPSA) is 27.6 Å². The van der Waals surface area contributed by atoms with E-state index >= 15 is 0 Å². The zero-order chi connectivity index (χ0) is 6.41. The Morgan fingerprint density at radius 1 is 1.38 bits per heavy atom. The lowest BCUT2D eigenvalue weighted by Gasteiger charge is -1.98. The van der Waals surface area contributed by atoms with Gasteiger partial charge in [0.2, 0.25) is 0 Å². The largest absolute Gasteiger partial charge is 0.355 e. The average molecular weight is 116 g/mol. The summed E-state index contributed by atoms with van der Waals surface area (Å²) in [5, 5.41) is 0. The van der Waals surface area contributed by atoms with Gasteiger partial charge < -0.3 is 5.73 Å². The first-order chi connectivity index (χ1) is 3.77. The summed E-state index contributed by atoms with van der Waals surface area (Å²) in [6.45, 7) is 4.41. The Morgan fingerprint density at radius 2 is 2.00 bits per heavy atom. The highest BCUT2D eigenvalue weighted by Gasteiger charge is 1.94. The van der Waals surface area contributed by atoms with Gasteiger partial charge in [-0.15, -0.1) is 0 Å². The number of rotatable bonds is 4. The second-order valence-electron chi connectivity index (χ2n) is 2.60. The number of hydrogen-bond acceptors (Lipinski definition) is 0. The van der Waals surface area contributed by atoms with Crippen LogP contribution in [0, 0.1) is 0 Å². The van der Waals surface area contributed by atoms with Crippen molar-refractivity contribution < 1.29 is 5.73 Å². The van der Waals surface area contributed by atoms with Gasteiger partial charge in [-0.25, -0.2) is 0 Å². The van der Waals surface area contributed by atoms with Crippen molar-refractivity contribution in [2.45, 2.75) is 45.6 Å². The van der Waals surface area contributed by atoms with E-state index in [1.165, 1.54) is 25.7 Å². The van der Waals surface area contributed by atoms with Gasteiger partial charge in [-0.3, -0.25) is 0 Å². The van der Waals surface area contributed by atoms with E-state index in [4.69, 9.17) is 0 Å². The maximum atomic E-state index is 3.91. The standard InChI is InChI=1S/C7H17N/c1-3-4-5-6-7(2)8/h7H,3-6,8H2,1-2H3/p+1/t7-/m1/s1. The van der Waals surface area contributed by atoms with Gasteiger partial charge in [-0.1, -0.05) is 19.8 Å². The molecule has 0 radical (unpaired) electrons. The maximum absolute atomic E-state index is 3.91. The van der Waals surface area contributed by atoms with Crippen molar-refractivity contribution in [2.75, 3.05) is 0 Å². The quantitative estimate of drug-likeness (QED) is 0.534. The first-order valence-corrected chi connectivity index (χ1v) is 3.60. The van der Waals surface area contributed by atoms with Gasteiger partial charge in [-0.05, 0) is 19.8 Å². The summed E-state index contributed by atoms with van der Waals surface area (Å²) in [4.78, 5) is 0. The lowest BCUT2D eigenvalue weighted by Crippen LogP contribution is -2.58. The van der Waals surface area contributed by atoms with Gasteiger partial charge in [0.1, 0.15) is 0 Å². The Balaban J connectivity index is 2.72. The molecule has 0 saturated carbocycles. The van der Waals surface area contributed by atoms with Crippen LogP contribution in [0.2, 0.25) is 0 Å². The van der Waals surface area contributed by atoms with Crippen LogP contribution < -0.4 is 5.73 Å². The molecule has 0 aromatic heterocycles. The minimum absolute atomic E-state index is 0.654. The Hall–Kier alpha value is -0.0400. The van der Waals surface area contributed by atoms with E-state index < -0.39 is 0 Å². The fourth-order valence-corrected chi connectivity index (χ4v) is 0.743. The summed E-state index contributed by atoms with van der Waals surface area (Å²) < 4.78 is 0. The van der Waals surface area contributed by atoms with Gasteiger partial charge in [0.15, 0.2) is 0 Å². The van der Waals surface area contributed by atoms with Crippen LogP contribution >= 0.6 is 0 Å². The van der Waals surface area contributed by atoms with E-state index in [1.807, 2.05) is 0 Å². The van der Waals surface area contributed by atoms with E-state index in [2.05, 4.69) is 19.6 Å². The lowest BCUT2D eigenvalue weighted by molar-refractivity contribution is -0.415. The Kier molecular flexibility index (Phi) is 5.08. The lowest BCUT2D eigenvalue weighted by atomic mass is 10.1. The molecule has 0 saturated heterocycles. The van der Waals surface area contributed by atoms with Crippen molar-refractivity contribution in [3.63, 3.8) is 0 Å². The molecule has 0 unspecified atom stereocenters. The molecule has 0 aromatic carbocycles. The molecule has 1 heteroatoms. The number of quaternary nitrogens is 1. The van der Waals surface area contributed by atoms with Gasteiger partial charge in [0.05, 0.1) is 6.04 Å². The zero-order valence-electron chi connectivity index (χ0n) is 6.11. The minimum Gasteiger partial charge on any atom is -0.355 e. The molecule has 8 heavy (non-hydrogen) atoms. The van der Waals surface area contributed by atoms with Gasteiger partial charge >= 0.3 is 0 Å². The molecule has 1 nitrogen and oxygen atoms in total.